The first-order chi connectivity index (χ1) is 14.2. The summed E-state index contributed by atoms with van der Waals surface area (Å²) in [6.45, 7) is 0.195. The van der Waals surface area contributed by atoms with Crippen molar-refractivity contribution in [3.63, 3.8) is 0 Å². The summed E-state index contributed by atoms with van der Waals surface area (Å²) in [6, 6.07) is 11.9. The number of nitrogens with zero attached hydrogens (tertiary/aromatic N) is 3. The van der Waals surface area contributed by atoms with Crippen LogP contribution < -0.4 is 10.1 Å². The Morgan fingerprint density at radius 1 is 1.20 bits per heavy atom. The minimum atomic E-state index is -4.53. The van der Waals surface area contributed by atoms with Crippen molar-refractivity contribution in [2.75, 3.05) is 11.1 Å². The summed E-state index contributed by atoms with van der Waals surface area (Å²) in [5.41, 5.74) is -1.00. The van der Waals surface area contributed by atoms with Crippen molar-refractivity contribution >= 4 is 35.0 Å². The SMILES string of the molecule is Cn1c(COc2ccccc2)nnc1SCC(=O)Nc1cc(C(F)(F)F)ccc1Cl. The van der Waals surface area contributed by atoms with Gasteiger partial charge in [-0.3, -0.25) is 4.79 Å². The molecule has 0 saturated heterocycles. The lowest BCUT2D eigenvalue weighted by Gasteiger charge is -2.11. The molecule has 0 aliphatic rings. The molecule has 1 N–H and O–H groups in total. The minimum Gasteiger partial charge on any atom is -0.486 e. The molecule has 6 nitrogen and oxygen atoms in total. The Labute approximate surface area is 179 Å². The third kappa shape index (κ3) is 5.67. The van der Waals surface area contributed by atoms with E-state index in [9.17, 15) is 18.0 Å². The average Bonchev–Trinajstić information content (AvgIpc) is 3.06. The maximum absolute atomic E-state index is 12.8. The Hall–Kier alpha value is -2.72. The molecule has 0 unspecified atom stereocenters. The lowest BCUT2D eigenvalue weighted by Crippen LogP contribution is -2.16. The van der Waals surface area contributed by atoms with Crippen molar-refractivity contribution in [3.05, 3.63) is 64.9 Å². The van der Waals surface area contributed by atoms with Crippen molar-refractivity contribution in [3.8, 4) is 5.75 Å². The minimum absolute atomic E-state index is 0.0142. The largest absolute Gasteiger partial charge is 0.486 e. The highest BCUT2D eigenvalue weighted by Crippen LogP contribution is 2.34. The molecule has 30 heavy (non-hydrogen) atoms. The predicted octanol–water partition coefficient (Wildman–Crippen LogP) is 4.80. The molecular weight excluding hydrogens is 441 g/mol. The summed E-state index contributed by atoms with van der Waals surface area (Å²) in [4.78, 5) is 12.2. The van der Waals surface area contributed by atoms with E-state index in [2.05, 4.69) is 15.5 Å². The van der Waals surface area contributed by atoms with Gasteiger partial charge in [-0.2, -0.15) is 13.2 Å². The lowest BCUT2D eigenvalue weighted by molar-refractivity contribution is -0.137. The van der Waals surface area contributed by atoms with Gasteiger partial charge in [0.25, 0.3) is 0 Å². The molecule has 0 spiro atoms. The maximum Gasteiger partial charge on any atom is 0.416 e. The number of hydrogen-bond acceptors (Lipinski definition) is 5. The van der Waals surface area contributed by atoms with Gasteiger partial charge in [-0.15, -0.1) is 10.2 Å². The van der Waals surface area contributed by atoms with E-state index < -0.39 is 17.6 Å². The average molecular weight is 457 g/mol. The van der Waals surface area contributed by atoms with Gasteiger partial charge in [-0.1, -0.05) is 41.6 Å². The highest BCUT2D eigenvalue weighted by molar-refractivity contribution is 7.99. The maximum atomic E-state index is 12.8. The van der Waals surface area contributed by atoms with Crippen molar-refractivity contribution < 1.29 is 22.7 Å². The number of amides is 1. The Morgan fingerprint density at radius 2 is 1.93 bits per heavy atom. The number of alkyl halides is 3. The zero-order valence-corrected chi connectivity index (χ0v) is 17.2. The van der Waals surface area contributed by atoms with Gasteiger partial charge in [0.2, 0.25) is 5.91 Å². The second-order valence-corrected chi connectivity index (χ2v) is 7.44. The molecule has 11 heteroatoms. The number of aromatic nitrogens is 3. The molecule has 0 bridgehead atoms. The predicted molar refractivity (Wildman–Crippen MR) is 108 cm³/mol. The first-order valence-corrected chi connectivity index (χ1v) is 9.96. The zero-order chi connectivity index (χ0) is 21.7. The van der Waals surface area contributed by atoms with E-state index in [0.29, 0.717) is 16.7 Å². The van der Waals surface area contributed by atoms with E-state index in [4.69, 9.17) is 16.3 Å². The van der Waals surface area contributed by atoms with Crippen LogP contribution in [0.3, 0.4) is 0 Å². The van der Waals surface area contributed by atoms with Gasteiger partial charge in [0.1, 0.15) is 12.4 Å². The molecular formula is C19H16ClF3N4O2S. The molecule has 0 fully saturated rings. The van der Waals surface area contributed by atoms with Crippen LogP contribution in [0.25, 0.3) is 0 Å². The van der Waals surface area contributed by atoms with E-state index in [-0.39, 0.29) is 23.1 Å². The van der Waals surface area contributed by atoms with E-state index in [0.717, 1.165) is 30.0 Å². The Morgan fingerprint density at radius 3 is 2.63 bits per heavy atom. The number of carbonyl (C=O) groups is 1. The van der Waals surface area contributed by atoms with Crippen LogP contribution in [0.5, 0.6) is 5.75 Å². The first-order valence-electron chi connectivity index (χ1n) is 8.59. The van der Waals surface area contributed by atoms with Gasteiger partial charge in [0.15, 0.2) is 11.0 Å². The Bertz CT molecular complexity index is 1030. The van der Waals surface area contributed by atoms with E-state index in [1.165, 1.54) is 0 Å². The van der Waals surface area contributed by atoms with Gasteiger partial charge in [-0.05, 0) is 30.3 Å². The lowest BCUT2D eigenvalue weighted by atomic mass is 10.2. The fourth-order valence-corrected chi connectivity index (χ4v) is 3.27. The number of thioether (sulfide) groups is 1. The molecule has 0 radical (unpaired) electrons. The molecule has 0 saturated carbocycles. The number of ether oxygens (including phenoxy) is 1. The molecule has 0 aliphatic carbocycles. The summed E-state index contributed by atoms with van der Waals surface area (Å²) in [5.74, 6) is 0.638. The number of benzene rings is 2. The van der Waals surface area contributed by atoms with Gasteiger partial charge in [-0.25, -0.2) is 0 Å². The molecule has 0 aliphatic heterocycles. The highest BCUT2D eigenvalue weighted by atomic mass is 35.5. The molecule has 1 heterocycles. The zero-order valence-electron chi connectivity index (χ0n) is 15.6. The fourth-order valence-electron chi connectivity index (χ4n) is 2.37. The summed E-state index contributed by atoms with van der Waals surface area (Å²) < 4.78 is 45.8. The van der Waals surface area contributed by atoms with Crippen molar-refractivity contribution in [1.29, 1.82) is 0 Å². The van der Waals surface area contributed by atoms with Gasteiger partial charge < -0.3 is 14.6 Å². The summed E-state index contributed by atoms with van der Waals surface area (Å²) in [7, 11) is 1.73. The van der Waals surface area contributed by atoms with Gasteiger partial charge >= 0.3 is 6.18 Å². The topological polar surface area (TPSA) is 69.0 Å². The second kappa shape index (κ2) is 9.40. The number of nitrogens with one attached hydrogen (secondary N) is 1. The van der Waals surface area contributed by atoms with Crippen LogP contribution in [-0.2, 0) is 24.6 Å². The first kappa shape index (κ1) is 22.0. The Balaban J connectivity index is 1.57. The number of para-hydroxylation sites is 1. The highest BCUT2D eigenvalue weighted by Gasteiger charge is 2.31. The van der Waals surface area contributed by atoms with Crippen LogP contribution >= 0.6 is 23.4 Å². The van der Waals surface area contributed by atoms with Crippen LogP contribution in [0.4, 0.5) is 18.9 Å². The van der Waals surface area contributed by atoms with Crippen molar-refractivity contribution in [2.45, 2.75) is 17.9 Å². The summed E-state index contributed by atoms with van der Waals surface area (Å²) in [5, 5.41) is 10.9. The quantitative estimate of drug-likeness (QED) is 0.517. The molecule has 3 rings (SSSR count). The van der Waals surface area contributed by atoms with Gasteiger partial charge in [0.05, 0.1) is 22.0 Å². The molecule has 1 amide bonds. The number of halogens is 4. The fraction of sp³-hybridized carbons (Fsp3) is 0.211. The summed E-state index contributed by atoms with van der Waals surface area (Å²) in [6.07, 6.45) is -4.53. The standard InChI is InChI=1S/C19H16ClF3N4O2S/c1-27-16(10-29-13-5-3-2-4-6-13)25-26-18(27)30-11-17(28)24-15-9-12(19(21,22)23)7-8-14(15)20/h2-9H,10-11H2,1H3,(H,24,28). The van der Waals surface area contributed by atoms with Crippen LogP contribution in [-0.4, -0.2) is 26.4 Å². The third-order valence-electron chi connectivity index (χ3n) is 3.94. The van der Waals surface area contributed by atoms with Crippen LogP contribution in [0.2, 0.25) is 5.02 Å². The third-order valence-corrected chi connectivity index (χ3v) is 5.29. The Kier molecular flexibility index (Phi) is 6.88. The molecule has 3 aromatic rings. The molecule has 1 aromatic heterocycles. The molecule has 2 aromatic carbocycles. The normalized spacial score (nSPS) is 11.4. The van der Waals surface area contributed by atoms with Crippen LogP contribution in [0.1, 0.15) is 11.4 Å². The molecule has 158 valence electrons. The van der Waals surface area contributed by atoms with E-state index >= 15 is 0 Å². The monoisotopic (exact) mass is 456 g/mol. The van der Waals surface area contributed by atoms with Gasteiger partial charge in [0, 0.05) is 7.05 Å². The number of carbonyl (C=O) groups excluding carboxylic acids is 1. The number of anilines is 1. The molecule has 0 atom stereocenters. The smallest absolute Gasteiger partial charge is 0.416 e. The van der Waals surface area contributed by atoms with Crippen molar-refractivity contribution in [1.82, 2.24) is 14.8 Å². The van der Waals surface area contributed by atoms with Crippen LogP contribution in [0, 0.1) is 0 Å². The number of rotatable bonds is 7. The number of hydrogen-bond donors (Lipinski definition) is 1. The summed E-state index contributed by atoms with van der Waals surface area (Å²) >= 11 is 6.98. The van der Waals surface area contributed by atoms with Crippen LogP contribution in [0.15, 0.2) is 53.7 Å². The second-order valence-electron chi connectivity index (χ2n) is 6.09. The van der Waals surface area contributed by atoms with Crippen molar-refractivity contribution in [2.24, 2.45) is 7.05 Å². The van der Waals surface area contributed by atoms with E-state index in [1.54, 1.807) is 11.6 Å². The van der Waals surface area contributed by atoms with E-state index in [1.807, 2.05) is 30.3 Å².